The molecule has 2 heterocycles. The maximum absolute atomic E-state index is 4.63. The highest BCUT2D eigenvalue weighted by molar-refractivity contribution is 7.11. The molecular formula is C16H20N2S. The fourth-order valence-electron chi connectivity index (χ4n) is 2.87. The predicted molar refractivity (Wildman–Crippen MR) is 81.9 cm³/mol. The molecule has 1 aliphatic heterocycles. The third-order valence-corrected chi connectivity index (χ3v) is 4.78. The van der Waals surface area contributed by atoms with Gasteiger partial charge in [-0.1, -0.05) is 24.3 Å². The van der Waals surface area contributed by atoms with E-state index >= 15 is 0 Å². The molecule has 1 saturated heterocycles. The number of hydrogen-bond donors (Lipinski definition) is 1. The van der Waals surface area contributed by atoms with Crippen molar-refractivity contribution in [3.8, 4) is 11.3 Å². The summed E-state index contributed by atoms with van der Waals surface area (Å²) in [6.07, 6.45) is 2.52. The van der Waals surface area contributed by atoms with Gasteiger partial charge in [0.05, 0.1) is 10.7 Å². The Bertz CT molecular complexity index is 551. The molecule has 3 rings (SSSR count). The number of benzene rings is 1. The van der Waals surface area contributed by atoms with Crippen LogP contribution in [0.15, 0.2) is 24.3 Å². The first kappa shape index (κ1) is 12.8. The van der Waals surface area contributed by atoms with Gasteiger partial charge in [-0.2, -0.15) is 0 Å². The van der Waals surface area contributed by atoms with Gasteiger partial charge in [-0.25, -0.2) is 4.98 Å². The second kappa shape index (κ2) is 5.43. The summed E-state index contributed by atoms with van der Waals surface area (Å²) in [6, 6.07) is 9.05. The Balaban J connectivity index is 1.84. The summed E-state index contributed by atoms with van der Waals surface area (Å²) in [6.45, 7) is 6.53. The summed E-state index contributed by atoms with van der Waals surface area (Å²) in [5, 5.41) is 4.57. The van der Waals surface area contributed by atoms with Crippen molar-refractivity contribution in [2.45, 2.75) is 32.6 Å². The van der Waals surface area contributed by atoms with Gasteiger partial charge in [0.25, 0.3) is 0 Å². The zero-order chi connectivity index (χ0) is 13.2. The second-order valence-corrected chi connectivity index (χ2v) is 6.69. The summed E-state index contributed by atoms with van der Waals surface area (Å²) in [5.41, 5.74) is 3.88. The van der Waals surface area contributed by atoms with Crippen molar-refractivity contribution in [2.24, 2.45) is 0 Å². The molecule has 0 amide bonds. The van der Waals surface area contributed by atoms with E-state index in [1.54, 1.807) is 11.3 Å². The zero-order valence-electron chi connectivity index (χ0n) is 11.6. The average Bonchev–Trinajstić information content (AvgIpc) is 2.79. The van der Waals surface area contributed by atoms with E-state index < -0.39 is 0 Å². The maximum Gasteiger partial charge on any atom is 0.0904 e. The Kier molecular flexibility index (Phi) is 3.67. The molecule has 1 aliphatic rings. The van der Waals surface area contributed by atoms with Gasteiger partial charge in [-0.05, 0) is 51.3 Å². The Morgan fingerprint density at radius 2 is 1.79 bits per heavy atom. The molecule has 0 unspecified atom stereocenters. The van der Waals surface area contributed by atoms with E-state index in [1.165, 1.54) is 28.8 Å². The van der Waals surface area contributed by atoms with Crippen LogP contribution in [-0.4, -0.2) is 18.1 Å². The largest absolute Gasteiger partial charge is 0.317 e. The van der Waals surface area contributed by atoms with Crippen molar-refractivity contribution in [2.75, 3.05) is 13.1 Å². The molecule has 0 saturated carbocycles. The first-order valence-corrected chi connectivity index (χ1v) is 7.81. The maximum atomic E-state index is 4.63. The lowest BCUT2D eigenvalue weighted by Crippen LogP contribution is -2.26. The van der Waals surface area contributed by atoms with Crippen LogP contribution in [0.2, 0.25) is 0 Å². The summed E-state index contributed by atoms with van der Waals surface area (Å²) < 4.78 is 0. The van der Waals surface area contributed by atoms with E-state index in [4.69, 9.17) is 0 Å². The normalized spacial score (nSPS) is 16.7. The molecule has 1 fully saturated rings. The molecule has 3 heteroatoms. The smallest absolute Gasteiger partial charge is 0.0904 e. The molecule has 19 heavy (non-hydrogen) atoms. The van der Waals surface area contributed by atoms with Gasteiger partial charge in [0.1, 0.15) is 0 Å². The molecular weight excluding hydrogens is 252 g/mol. The highest BCUT2D eigenvalue weighted by Gasteiger charge is 2.15. The Morgan fingerprint density at radius 1 is 1.11 bits per heavy atom. The van der Waals surface area contributed by atoms with Crippen LogP contribution in [0.25, 0.3) is 11.3 Å². The predicted octanol–water partition coefficient (Wildman–Crippen LogP) is 3.89. The Labute approximate surface area is 118 Å². The van der Waals surface area contributed by atoms with E-state index in [1.807, 2.05) is 0 Å². The quantitative estimate of drug-likeness (QED) is 0.897. The minimum Gasteiger partial charge on any atom is -0.317 e. The summed E-state index contributed by atoms with van der Waals surface area (Å²) in [7, 11) is 0. The van der Waals surface area contributed by atoms with E-state index in [2.05, 4.69) is 48.4 Å². The van der Waals surface area contributed by atoms with Gasteiger partial charge in [-0.15, -0.1) is 11.3 Å². The fourth-order valence-corrected chi connectivity index (χ4v) is 3.71. The van der Waals surface area contributed by atoms with Crippen molar-refractivity contribution in [1.82, 2.24) is 10.3 Å². The van der Waals surface area contributed by atoms with Crippen molar-refractivity contribution < 1.29 is 0 Å². The number of rotatable bonds is 2. The Morgan fingerprint density at radius 3 is 2.37 bits per heavy atom. The lowest BCUT2D eigenvalue weighted by molar-refractivity contribution is 0.460. The third-order valence-electron chi connectivity index (χ3n) is 3.90. The van der Waals surface area contributed by atoms with Crippen LogP contribution in [0.1, 0.15) is 34.2 Å². The summed E-state index contributed by atoms with van der Waals surface area (Å²) in [5.74, 6) is 0.730. The molecule has 1 aromatic carbocycles. The number of nitrogens with zero attached hydrogens (tertiary/aromatic N) is 1. The van der Waals surface area contributed by atoms with Gasteiger partial charge >= 0.3 is 0 Å². The molecule has 1 N–H and O–H groups in total. The molecule has 0 bridgehead atoms. The molecule has 0 aliphatic carbocycles. The second-order valence-electron chi connectivity index (χ2n) is 5.28. The lowest BCUT2D eigenvalue weighted by Gasteiger charge is -2.23. The van der Waals surface area contributed by atoms with Crippen LogP contribution in [0.4, 0.5) is 0 Å². The number of hydrogen-bond acceptors (Lipinski definition) is 3. The fraction of sp³-hybridized carbons (Fsp3) is 0.438. The minimum absolute atomic E-state index is 0.730. The average molecular weight is 272 g/mol. The van der Waals surface area contributed by atoms with Crippen molar-refractivity contribution in [3.63, 3.8) is 0 Å². The molecule has 2 aromatic rings. The highest BCUT2D eigenvalue weighted by Crippen LogP contribution is 2.30. The van der Waals surface area contributed by atoms with Crippen molar-refractivity contribution in [3.05, 3.63) is 39.7 Å². The van der Waals surface area contributed by atoms with E-state index in [-0.39, 0.29) is 0 Å². The van der Waals surface area contributed by atoms with Gasteiger partial charge in [-0.3, -0.25) is 0 Å². The number of thiazole rings is 1. The van der Waals surface area contributed by atoms with Gasteiger partial charge in [0.15, 0.2) is 0 Å². The van der Waals surface area contributed by atoms with Gasteiger partial charge < -0.3 is 5.32 Å². The van der Waals surface area contributed by atoms with E-state index in [0.717, 1.165) is 29.7 Å². The van der Waals surface area contributed by atoms with Crippen LogP contribution in [-0.2, 0) is 0 Å². The minimum atomic E-state index is 0.730. The standard InChI is InChI=1S/C16H20N2S/c1-11-16(18-12(2)19-11)15-5-3-13(4-6-15)14-7-9-17-10-8-14/h3-6,14,17H,7-10H2,1-2H3. The van der Waals surface area contributed by atoms with Crippen LogP contribution >= 0.6 is 11.3 Å². The molecule has 0 radical (unpaired) electrons. The monoisotopic (exact) mass is 272 g/mol. The van der Waals surface area contributed by atoms with Crippen molar-refractivity contribution in [1.29, 1.82) is 0 Å². The summed E-state index contributed by atoms with van der Waals surface area (Å²) >= 11 is 1.78. The first-order chi connectivity index (χ1) is 9.24. The molecule has 0 atom stereocenters. The summed E-state index contributed by atoms with van der Waals surface area (Å²) in [4.78, 5) is 5.94. The molecule has 1 aromatic heterocycles. The van der Waals surface area contributed by atoms with E-state index in [0.29, 0.717) is 0 Å². The Hall–Kier alpha value is -1.19. The van der Waals surface area contributed by atoms with Crippen LogP contribution in [0, 0.1) is 13.8 Å². The highest BCUT2D eigenvalue weighted by atomic mass is 32.1. The van der Waals surface area contributed by atoms with Crippen molar-refractivity contribution >= 4 is 11.3 Å². The zero-order valence-corrected chi connectivity index (χ0v) is 12.4. The number of aromatic nitrogens is 1. The molecule has 2 nitrogen and oxygen atoms in total. The molecule has 100 valence electrons. The van der Waals surface area contributed by atoms with Crippen LogP contribution < -0.4 is 5.32 Å². The number of aryl methyl sites for hydroxylation is 2. The number of nitrogens with one attached hydrogen (secondary N) is 1. The van der Waals surface area contributed by atoms with Crippen LogP contribution in [0.3, 0.4) is 0 Å². The SMILES string of the molecule is Cc1nc(-c2ccc(C3CCNCC3)cc2)c(C)s1. The van der Waals surface area contributed by atoms with Gasteiger partial charge in [0, 0.05) is 10.4 Å². The van der Waals surface area contributed by atoms with Crippen LogP contribution in [0.5, 0.6) is 0 Å². The first-order valence-electron chi connectivity index (χ1n) is 6.99. The number of piperidine rings is 1. The van der Waals surface area contributed by atoms with Gasteiger partial charge in [0.2, 0.25) is 0 Å². The topological polar surface area (TPSA) is 24.9 Å². The molecule has 0 spiro atoms. The third kappa shape index (κ3) is 2.72. The van der Waals surface area contributed by atoms with E-state index in [9.17, 15) is 0 Å². The lowest BCUT2D eigenvalue weighted by atomic mass is 9.89.